The van der Waals surface area contributed by atoms with Gasteiger partial charge in [0.05, 0.1) is 12.8 Å². The van der Waals surface area contributed by atoms with Crippen molar-refractivity contribution in [3.63, 3.8) is 0 Å². The molecule has 1 aromatic heterocycles. The molecule has 2 aromatic rings. The predicted molar refractivity (Wildman–Crippen MR) is 121 cm³/mol. The Morgan fingerprint density at radius 1 is 1.00 bits per heavy atom. The van der Waals surface area contributed by atoms with Gasteiger partial charge in [-0.1, -0.05) is 96.0 Å². The van der Waals surface area contributed by atoms with Gasteiger partial charge >= 0.3 is 12.0 Å². The smallest absolute Gasteiger partial charge is 0.325 e. The molecular formula is C25H36N2O3. The summed E-state index contributed by atoms with van der Waals surface area (Å²) >= 11 is 0. The van der Waals surface area contributed by atoms with E-state index in [1.165, 1.54) is 32.1 Å². The largest absolute Gasteiger partial charge is 0.490 e. The van der Waals surface area contributed by atoms with Crippen molar-refractivity contribution in [3.8, 4) is 23.0 Å². The fourth-order valence-corrected chi connectivity index (χ4v) is 3.13. The summed E-state index contributed by atoms with van der Waals surface area (Å²) < 4.78 is 11.4. The summed E-state index contributed by atoms with van der Waals surface area (Å²) in [6.07, 6.45) is 11.5. The zero-order valence-electron chi connectivity index (χ0n) is 18.7. The third-order valence-corrected chi connectivity index (χ3v) is 5.20. The van der Waals surface area contributed by atoms with Crippen LogP contribution in [0.2, 0.25) is 0 Å². The van der Waals surface area contributed by atoms with Crippen molar-refractivity contribution in [3.05, 3.63) is 36.5 Å². The Balaban J connectivity index is 1.98. The van der Waals surface area contributed by atoms with Crippen LogP contribution < -0.4 is 9.47 Å². The minimum Gasteiger partial charge on any atom is -0.490 e. The van der Waals surface area contributed by atoms with E-state index in [-0.39, 0.29) is 17.9 Å². The summed E-state index contributed by atoms with van der Waals surface area (Å²) in [6.45, 7) is 6.94. The Bertz CT molecular complexity index is 749. The molecule has 0 fully saturated rings. The molecule has 5 nitrogen and oxygen atoms in total. The van der Waals surface area contributed by atoms with E-state index in [2.05, 4.69) is 23.8 Å². The Morgan fingerprint density at radius 2 is 1.70 bits per heavy atom. The van der Waals surface area contributed by atoms with Crippen molar-refractivity contribution in [2.75, 3.05) is 6.61 Å². The van der Waals surface area contributed by atoms with Crippen molar-refractivity contribution >= 4 is 5.97 Å². The van der Waals surface area contributed by atoms with Crippen molar-refractivity contribution in [1.29, 1.82) is 0 Å². The summed E-state index contributed by atoms with van der Waals surface area (Å²) in [5, 5.41) is 0. The number of hydrogen-bond acceptors (Lipinski definition) is 5. The second-order valence-electron chi connectivity index (χ2n) is 7.89. The Hall–Kier alpha value is -2.43. The van der Waals surface area contributed by atoms with Crippen LogP contribution in [0, 0.1) is 5.92 Å². The van der Waals surface area contributed by atoms with Crippen LogP contribution in [0.5, 0.6) is 11.8 Å². The van der Waals surface area contributed by atoms with Crippen LogP contribution in [0.4, 0.5) is 0 Å². The highest BCUT2D eigenvalue weighted by molar-refractivity contribution is 5.72. The van der Waals surface area contributed by atoms with Gasteiger partial charge in [0.1, 0.15) is 5.69 Å². The number of unbranched alkanes of at least 4 members (excludes halogenated alkanes) is 6. The molecule has 2 rings (SSSR count). The Labute approximate surface area is 181 Å². The normalized spacial score (nSPS) is 11.8. The van der Waals surface area contributed by atoms with Crippen LogP contribution in [0.15, 0.2) is 36.5 Å². The Morgan fingerprint density at radius 3 is 2.40 bits per heavy atom. The second kappa shape index (κ2) is 13.7. The predicted octanol–water partition coefficient (Wildman–Crippen LogP) is 6.61. The van der Waals surface area contributed by atoms with Crippen LogP contribution in [0.3, 0.4) is 0 Å². The lowest BCUT2D eigenvalue weighted by molar-refractivity contribution is -0.135. The van der Waals surface area contributed by atoms with E-state index in [1.54, 1.807) is 6.20 Å². The lowest BCUT2D eigenvalue weighted by atomic mass is 10.1. The molecule has 0 N–H and O–H groups in total. The zero-order valence-corrected chi connectivity index (χ0v) is 18.7. The standard InChI is InChI=1S/C25H36N2O3/c1-4-6-7-8-9-10-14-17-29-22-19-26-25(30-23(28)18-20(3)5-2)27-24(22)21-15-12-11-13-16-21/h11-13,15-16,19-20H,4-10,14,17-18H2,1-3H3. The first-order chi connectivity index (χ1) is 14.6. The first-order valence-corrected chi connectivity index (χ1v) is 11.4. The molecule has 5 heteroatoms. The maximum Gasteiger partial charge on any atom is 0.325 e. The molecular weight excluding hydrogens is 376 g/mol. The number of ether oxygens (including phenoxy) is 2. The van der Waals surface area contributed by atoms with E-state index >= 15 is 0 Å². The van der Waals surface area contributed by atoms with Crippen molar-refractivity contribution in [2.45, 2.75) is 78.6 Å². The van der Waals surface area contributed by atoms with E-state index in [4.69, 9.17) is 9.47 Å². The fourth-order valence-electron chi connectivity index (χ4n) is 3.13. The quantitative estimate of drug-likeness (QED) is 0.258. The van der Waals surface area contributed by atoms with Crippen molar-refractivity contribution in [1.82, 2.24) is 9.97 Å². The number of rotatable bonds is 14. The van der Waals surface area contributed by atoms with Gasteiger partial charge in [0, 0.05) is 12.0 Å². The fraction of sp³-hybridized carbons (Fsp3) is 0.560. The topological polar surface area (TPSA) is 61.3 Å². The van der Waals surface area contributed by atoms with Gasteiger partial charge in [-0.2, -0.15) is 9.97 Å². The van der Waals surface area contributed by atoms with Crippen LogP contribution in [-0.4, -0.2) is 22.5 Å². The lowest BCUT2D eigenvalue weighted by Gasteiger charge is -2.12. The maximum atomic E-state index is 12.1. The highest BCUT2D eigenvalue weighted by Gasteiger charge is 2.15. The number of benzene rings is 1. The highest BCUT2D eigenvalue weighted by Crippen LogP contribution is 2.29. The van der Waals surface area contributed by atoms with Crippen molar-refractivity contribution < 1.29 is 14.3 Å². The number of carbonyl (C=O) groups is 1. The van der Waals surface area contributed by atoms with E-state index in [1.807, 2.05) is 37.3 Å². The van der Waals surface area contributed by atoms with E-state index in [0.29, 0.717) is 24.5 Å². The van der Waals surface area contributed by atoms with Gasteiger partial charge in [-0.25, -0.2) is 0 Å². The number of aromatic nitrogens is 2. The molecule has 0 radical (unpaired) electrons. The van der Waals surface area contributed by atoms with Gasteiger partial charge in [0.25, 0.3) is 0 Å². The molecule has 1 atom stereocenters. The lowest BCUT2D eigenvalue weighted by Crippen LogP contribution is -2.14. The number of esters is 1. The first kappa shape index (κ1) is 23.8. The number of nitrogens with zero attached hydrogens (tertiary/aromatic N) is 2. The summed E-state index contributed by atoms with van der Waals surface area (Å²) in [5.74, 6) is 0.588. The van der Waals surface area contributed by atoms with Crippen LogP contribution in [-0.2, 0) is 4.79 Å². The molecule has 0 aliphatic carbocycles. The van der Waals surface area contributed by atoms with E-state index in [9.17, 15) is 4.79 Å². The highest BCUT2D eigenvalue weighted by atomic mass is 16.5. The summed E-state index contributed by atoms with van der Waals surface area (Å²) in [7, 11) is 0. The molecule has 1 unspecified atom stereocenters. The molecule has 1 heterocycles. The summed E-state index contributed by atoms with van der Waals surface area (Å²) in [4.78, 5) is 20.8. The van der Waals surface area contributed by atoms with Gasteiger partial charge < -0.3 is 9.47 Å². The molecule has 0 aliphatic heterocycles. The molecule has 164 valence electrons. The van der Waals surface area contributed by atoms with E-state index in [0.717, 1.165) is 24.8 Å². The average Bonchev–Trinajstić information content (AvgIpc) is 2.76. The van der Waals surface area contributed by atoms with Crippen molar-refractivity contribution in [2.24, 2.45) is 5.92 Å². The first-order valence-electron chi connectivity index (χ1n) is 11.4. The molecule has 0 saturated heterocycles. The van der Waals surface area contributed by atoms with Crippen LogP contribution >= 0.6 is 0 Å². The minimum atomic E-state index is -0.305. The summed E-state index contributed by atoms with van der Waals surface area (Å²) in [5.41, 5.74) is 1.56. The SMILES string of the molecule is CCCCCCCCCOc1cnc(OC(=O)CC(C)CC)nc1-c1ccccc1. The van der Waals surface area contributed by atoms with Gasteiger partial charge in [-0.3, -0.25) is 4.79 Å². The summed E-state index contributed by atoms with van der Waals surface area (Å²) in [6, 6.07) is 9.86. The van der Waals surface area contributed by atoms with Crippen LogP contribution in [0.25, 0.3) is 11.3 Å². The molecule has 0 bridgehead atoms. The molecule has 0 spiro atoms. The third kappa shape index (κ3) is 8.52. The number of hydrogen-bond donors (Lipinski definition) is 0. The van der Waals surface area contributed by atoms with Crippen LogP contribution in [0.1, 0.15) is 78.6 Å². The third-order valence-electron chi connectivity index (χ3n) is 5.20. The monoisotopic (exact) mass is 412 g/mol. The molecule has 1 aromatic carbocycles. The minimum absolute atomic E-state index is 0.0745. The van der Waals surface area contributed by atoms with Gasteiger partial charge in [0.2, 0.25) is 0 Å². The molecule has 0 saturated carbocycles. The van der Waals surface area contributed by atoms with Gasteiger partial charge in [0.15, 0.2) is 5.75 Å². The molecule has 0 amide bonds. The van der Waals surface area contributed by atoms with Gasteiger partial charge in [-0.05, 0) is 12.3 Å². The second-order valence-corrected chi connectivity index (χ2v) is 7.89. The zero-order chi connectivity index (χ0) is 21.6. The average molecular weight is 413 g/mol. The van der Waals surface area contributed by atoms with E-state index < -0.39 is 0 Å². The Kier molecular flexibility index (Phi) is 10.9. The molecule has 30 heavy (non-hydrogen) atoms. The van der Waals surface area contributed by atoms with Gasteiger partial charge in [-0.15, -0.1) is 0 Å². The molecule has 0 aliphatic rings. The number of carbonyl (C=O) groups excluding carboxylic acids is 1. The maximum absolute atomic E-state index is 12.1.